The summed E-state index contributed by atoms with van der Waals surface area (Å²) in [6.07, 6.45) is -3.67. The fraction of sp³-hybridized carbons (Fsp3) is 0.118. The maximum Gasteiger partial charge on any atom is 0.399 e. The van der Waals surface area contributed by atoms with E-state index >= 15 is 0 Å². The molecule has 0 saturated heterocycles. The maximum atomic E-state index is 13.5. The van der Waals surface area contributed by atoms with Crippen LogP contribution in [0.3, 0.4) is 0 Å². The summed E-state index contributed by atoms with van der Waals surface area (Å²) < 4.78 is 45.7. The van der Waals surface area contributed by atoms with Gasteiger partial charge in [0.15, 0.2) is 5.43 Å². The predicted octanol–water partition coefficient (Wildman–Crippen LogP) is 4.49. The third kappa shape index (κ3) is 2.50. The summed E-state index contributed by atoms with van der Waals surface area (Å²) in [6, 6.07) is 13.6. The highest BCUT2D eigenvalue weighted by Crippen LogP contribution is 2.39. The van der Waals surface area contributed by atoms with E-state index < -0.39 is 23.1 Å². The second kappa shape index (κ2) is 5.33. The van der Waals surface area contributed by atoms with Crippen LogP contribution < -0.4 is 5.43 Å². The monoisotopic (exact) mass is 304 g/mol. The van der Waals surface area contributed by atoms with Gasteiger partial charge >= 0.3 is 6.18 Å². The van der Waals surface area contributed by atoms with Crippen LogP contribution in [0.2, 0.25) is 0 Å². The van der Waals surface area contributed by atoms with Gasteiger partial charge in [-0.2, -0.15) is 13.2 Å². The van der Waals surface area contributed by atoms with E-state index in [1.54, 1.807) is 24.3 Å². The number of fused-ring (bicyclic) bond motifs is 1. The average molecular weight is 304 g/mol. The third-order valence-corrected chi connectivity index (χ3v) is 3.48. The first-order chi connectivity index (χ1) is 10.5. The van der Waals surface area contributed by atoms with E-state index in [4.69, 9.17) is 4.42 Å². The highest BCUT2D eigenvalue weighted by molar-refractivity contribution is 5.76. The lowest BCUT2D eigenvalue weighted by Gasteiger charge is -2.20. The number of alkyl halides is 3. The third-order valence-electron chi connectivity index (χ3n) is 3.48. The number of hydrogen-bond acceptors (Lipinski definition) is 2. The first-order valence-electron chi connectivity index (χ1n) is 6.60. The van der Waals surface area contributed by atoms with Gasteiger partial charge in [0.05, 0.1) is 17.2 Å². The van der Waals surface area contributed by atoms with E-state index in [9.17, 15) is 18.0 Å². The van der Waals surface area contributed by atoms with Crippen LogP contribution in [0.15, 0.2) is 70.1 Å². The molecule has 0 N–H and O–H groups in total. The summed E-state index contributed by atoms with van der Waals surface area (Å²) in [5, 5.41) is 0.144. The van der Waals surface area contributed by atoms with Gasteiger partial charge in [0.25, 0.3) is 0 Å². The molecule has 0 spiro atoms. The summed E-state index contributed by atoms with van der Waals surface area (Å²) in [5.41, 5.74) is -0.784. The van der Waals surface area contributed by atoms with Gasteiger partial charge in [0.2, 0.25) is 0 Å². The first kappa shape index (κ1) is 14.4. The fourth-order valence-electron chi connectivity index (χ4n) is 2.48. The standard InChI is InChI=1S/C17H11F3O2/c18-17(19,20)15(11-6-2-1-3-7-11)13-10-22-14-9-5-4-8-12(14)16(13)21/h1-10,15H. The van der Waals surface area contributed by atoms with Gasteiger partial charge in [-0.15, -0.1) is 0 Å². The Kier molecular flexibility index (Phi) is 3.48. The molecular formula is C17H11F3O2. The van der Waals surface area contributed by atoms with Crippen LogP contribution in [0.4, 0.5) is 13.2 Å². The normalized spacial score (nSPS) is 13.2. The van der Waals surface area contributed by atoms with Crippen LogP contribution in [0, 0.1) is 0 Å². The van der Waals surface area contributed by atoms with E-state index in [1.807, 2.05) is 0 Å². The van der Waals surface area contributed by atoms with Crippen molar-refractivity contribution in [2.45, 2.75) is 12.1 Å². The molecule has 112 valence electrons. The number of halogens is 3. The van der Waals surface area contributed by atoms with E-state index in [0.717, 1.165) is 6.26 Å². The molecule has 0 radical (unpaired) electrons. The molecular weight excluding hydrogens is 293 g/mol. The van der Waals surface area contributed by atoms with Crippen molar-refractivity contribution in [3.8, 4) is 0 Å². The molecule has 1 unspecified atom stereocenters. The van der Waals surface area contributed by atoms with Gasteiger partial charge in [-0.25, -0.2) is 0 Å². The molecule has 3 rings (SSSR count). The van der Waals surface area contributed by atoms with Crippen molar-refractivity contribution in [3.63, 3.8) is 0 Å². The molecule has 5 heteroatoms. The highest BCUT2D eigenvalue weighted by Gasteiger charge is 2.43. The Labute approximate surface area is 123 Å². The number of para-hydroxylation sites is 1. The zero-order chi connectivity index (χ0) is 15.7. The molecule has 0 amide bonds. The number of rotatable bonds is 2. The van der Waals surface area contributed by atoms with Crippen molar-refractivity contribution in [3.05, 3.63) is 82.2 Å². The van der Waals surface area contributed by atoms with Crippen molar-refractivity contribution in [2.24, 2.45) is 0 Å². The Bertz CT molecular complexity index is 851. The molecule has 0 aliphatic rings. The van der Waals surface area contributed by atoms with Crippen molar-refractivity contribution in [2.75, 3.05) is 0 Å². The molecule has 1 atom stereocenters. The van der Waals surface area contributed by atoms with Crippen molar-refractivity contribution in [1.82, 2.24) is 0 Å². The Balaban J connectivity index is 2.26. The van der Waals surface area contributed by atoms with Crippen LogP contribution in [0.1, 0.15) is 17.0 Å². The lowest BCUT2D eigenvalue weighted by molar-refractivity contribution is -0.141. The zero-order valence-corrected chi connectivity index (χ0v) is 11.3. The number of hydrogen-bond donors (Lipinski definition) is 0. The SMILES string of the molecule is O=c1c(C(c2ccccc2)C(F)(F)F)coc2ccccc12. The molecule has 0 bridgehead atoms. The molecule has 0 aliphatic carbocycles. The van der Waals surface area contributed by atoms with Crippen molar-refractivity contribution < 1.29 is 17.6 Å². The second-order valence-corrected chi connectivity index (χ2v) is 4.90. The molecule has 0 fully saturated rings. The van der Waals surface area contributed by atoms with E-state index in [2.05, 4.69) is 0 Å². The first-order valence-corrected chi connectivity index (χ1v) is 6.60. The van der Waals surface area contributed by atoms with Gasteiger partial charge in [0, 0.05) is 0 Å². The quantitative estimate of drug-likeness (QED) is 0.698. The molecule has 1 heterocycles. The Hall–Kier alpha value is -2.56. The largest absolute Gasteiger partial charge is 0.464 e. The summed E-state index contributed by atoms with van der Waals surface area (Å²) in [4.78, 5) is 12.4. The van der Waals surface area contributed by atoms with Gasteiger partial charge in [-0.3, -0.25) is 4.79 Å². The lowest BCUT2D eigenvalue weighted by Crippen LogP contribution is -2.27. The second-order valence-electron chi connectivity index (χ2n) is 4.90. The molecule has 0 saturated carbocycles. The summed E-state index contributed by atoms with van der Waals surface area (Å²) >= 11 is 0. The van der Waals surface area contributed by atoms with Crippen LogP contribution in [0.25, 0.3) is 11.0 Å². The van der Waals surface area contributed by atoms with Gasteiger partial charge in [0.1, 0.15) is 11.5 Å². The van der Waals surface area contributed by atoms with Gasteiger partial charge in [-0.1, -0.05) is 42.5 Å². The molecule has 22 heavy (non-hydrogen) atoms. The molecule has 3 aromatic rings. The lowest BCUT2D eigenvalue weighted by atomic mass is 9.91. The number of benzene rings is 2. The minimum absolute atomic E-state index is 0.0116. The topological polar surface area (TPSA) is 30.2 Å². The fourth-order valence-corrected chi connectivity index (χ4v) is 2.48. The minimum atomic E-state index is -4.58. The smallest absolute Gasteiger partial charge is 0.399 e. The Morgan fingerprint density at radius 2 is 1.55 bits per heavy atom. The molecule has 2 aromatic carbocycles. The van der Waals surface area contributed by atoms with Crippen LogP contribution in [-0.4, -0.2) is 6.18 Å². The van der Waals surface area contributed by atoms with Crippen molar-refractivity contribution in [1.29, 1.82) is 0 Å². The maximum absolute atomic E-state index is 13.5. The van der Waals surface area contributed by atoms with E-state index in [0.29, 0.717) is 0 Å². The zero-order valence-electron chi connectivity index (χ0n) is 11.3. The summed E-state index contributed by atoms with van der Waals surface area (Å²) in [7, 11) is 0. The van der Waals surface area contributed by atoms with Crippen LogP contribution >= 0.6 is 0 Å². The van der Waals surface area contributed by atoms with E-state index in [1.165, 1.54) is 30.3 Å². The summed E-state index contributed by atoms with van der Waals surface area (Å²) in [6.45, 7) is 0. The van der Waals surface area contributed by atoms with Crippen molar-refractivity contribution >= 4 is 11.0 Å². The van der Waals surface area contributed by atoms with E-state index in [-0.39, 0.29) is 16.5 Å². The highest BCUT2D eigenvalue weighted by atomic mass is 19.4. The predicted molar refractivity (Wildman–Crippen MR) is 76.8 cm³/mol. The van der Waals surface area contributed by atoms with Crippen LogP contribution in [-0.2, 0) is 0 Å². The summed E-state index contributed by atoms with van der Waals surface area (Å²) in [5.74, 6) is -2.01. The minimum Gasteiger partial charge on any atom is -0.464 e. The van der Waals surface area contributed by atoms with Gasteiger partial charge in [-0.05, 0) is 17.7 Å². The van der Waals surface area contributed by atoms with Gasteiger partial charge < -0.3 is 4.42 Å². The molecule has 0 aliphatic heterocycles. The molecule has 1 aromatic heterocycles. The molecule has 2 nitrogen and oxygen atoms in total. The van der Waals surface area contributed by atoms with Crippen LogP contribution in [0.5, 0.6) is 0 Å². The Morgan fingerprint density at radius 3 is 2.23 bits per heavy atom. The average Bonchev–Trinajstić information content (AvgIpc) is 2.50. The Morgan fingerprint density at radius 1 is 0.909 bits per heavy atom.